The van der Waals surface area contributed by atoms with Crippen LogP contribution in [-0.4, -0.2) is 16.2 Å². The number of benzene rings is 11. The SMILES string of the molecule is COc1ccc(-c2cc3cc4c(cc(-c5ccc(C)cc5)c5cc6c(cc54)c4ccccc4n6-c4ccccc4)cc3c3cc4c5ccccc5n(-c5ccccc5)c4cc23)cc1. The van der Waals surface area contributed by atoms with E-state index in [-0.39, 0.29) is 0 Å². The molecule has 0 saturated heterocycles. The number of aryl methyl sites for hydroxylation is 1. The van der Waals surface area contributed by atoms with Crippen LogP contribution in [0.4, 0.5) is 0 Å². The molecule has 11 aromatic carbocycles. The molecule has 0 aliphatic rings. The number of nitrogens with zero attached hydrogens (tertiary/aromatic N) is 2. The molecular formula is C60H40N2O. The van der Waals surface area contributed by atoms with Crippen molar-refractivity contribution in [2.24, 2.45) is 0 Å². The average Bonchev–Trinajstić information content (AvgIpc) is 3.84. The van der Waals surface area contributed by atoms with Crippen LogP contribution in [0.5, 0.6) is 5.75 Å². The smallest absolute Gasteiger partial charge is 0.118 e. The van der Waals surface area contributed by atoms with Gasteiger partial charge in [-0.2, -0.15) is 0 Å². The highest BCUT2D eigenvalue weighted by Gasteiger charge is 2.20. The van der Waals surface area contributed by atoms with Crippen molar-refractivity contribution < 1.29 is 4.74 Å². The molecule has 0 atom stereocenters. The van der Waals surface area contributed by atoms with E-state index in [2.05, 4.69) is 222 Å². The lowest BCUT2D eigenvalue weighted by molar-refractivity contribution is 0.415. The van der Waals surface area contributed by atoms with E-state index in [1.165, 1.54) is 109 Å². The van der Waals surface area contributed by atoms with Gasteiger partial charge >= 0.3 is 0 Å². The summed E-state index contributed by atoms with van der Waals surface area (Å²) < 4.78 is 10.5. The molecule has 0 radical (unpaired) electrons. The number of ether oxygens (including phenoxy) is 1. The highest BCUT2D eigenvalue weighted by atomic mass is 16.5. The maximum Gasteiger partial charge on any atom is 0.118 e. The monoisotopic (exact) mass is 804 g/mol. The quantitative estimate of drug-likeness (QED) is 0.125. The van der Waals surface area contributed by atoms with Crippen molar-refractivity contribution in [3.05, 3.63) is 212 Å². The largest absolute Gasteiger partial charge is 0.497 e. The lowest BCUT2D eigenvalue weighted by Crippen LogP contribution is -1.94. The topological polar surface area (TPSA) is 19.1 Å². The Hall–Kier alpha value is -8.14. The van der Waals surface area contributed by atoms with Crippen LogP contribution in [0.25, 0.3) is 120 Å². The third-order valence-corrected chi connectivity index (χ3v) is 13.4. The first-order chi connectivity index (χ1) is 31.1. The zero-order valence-corrected chi connectivity index (χ0v) is 34.9. The Bertz CT molecular complexity index is 3970. The number of methoxy groups -OCH3 is 1. The molecule has 0 aliphatic heterocycles. The molecule has 3 heteroatoms. The van der Waals surface area contributed by atoms with Crippen LogP contribution in [0.15, 0.2) is 206 Å². The lowest BCUT2D eigenvalue weighted by Gasteiger charge is -2.17. The van der Waals surface area contributed by atoms with Gasteiger partial charge in [0, 0.05) is 32.9 Å². The minimum absolute atomic E-state index is 0.845. The van der Waals surface area contributed by atoms with Gasteiger partial charge in [0.15, 0.2) is 0 Å². The Morgan fingerprint density at radius 2 is 0.746 bits per heavy atom. The van der Waals surface area contributed by atoms with E-state index in [0.717, 1.165) is 22.7 Å². The van der Waals surface area contributed by atoms with E-state index in [1.807, 2.05) is 0 Å². The van der Waals surface area contributed by atoms with Gasteiger partial charge in [-0.05, 0) is 169 Å². The third-order valence-electron chi connectivity index (χ3n) is 13.4. The fourth-order valence-corrected chi connectivity index (χ4v) is 10.4. The number of fused-ring (bicyclic) bond motifs is 12. The molecule has 0 saturated carbocycles. The second-order valence-corrected chi connectivity index (χ2v) is 16.9. The van der Waals surface area contributed by atoms with Crippen LogP contribution in [0.3, 0.4) is 0 Å². The standard InChI is InChI=1S/C60H40N2O/c1-37-21-23-38(24-22-37)47-29-40-31-50-41(32-49(40)51-33-55-45-17-9-11-19-57(45)61(59(55)35-53(47)51)42-13-5-3-6-14-42)30-48(39-25-27-44(63-2)28-26-39)54-36-60-56(34-52(50)54)46-18-10-12-20-58(46)62(60)43-15-7-4-8-16-43/h3-36H,1-2H3. The van der Waals surface area contributed by atoms with Crippen LogP contribution >= 0.6 is 0 Å². The van der Waals surface area contributed by atoms with Crippen molar-refractivity contribution in [3.63, 3.8) is 0 Å². The Morgan fingerprint density at radius 1 is 0.317 bits per heavy atom. The fourth-order valence-electron chi connectivity index (χ4n) is 10.4. The van der Waals surface area contributed by atoms with E-state index < -0.39 is 0 Å². The maximum absolute atomic E-state index is 5.63. The van der Waals surface area contributed by atoms with Crippen molar-refractivity contribution in [2.45, 2.75) is 6.92 Å². The molecule has 0 spiro atoms. The first kappa shape index (κ1) is 35.6. The first-order valence-electron chi connectivity index (χ1n) is 21.7. The van der Waals surface area contributed by atoms with Crippen LogP contribution in [0.2, 0.25) is 0 Å². The summed E-state index contributed by atoms with van der Waals surface area (Å²) in [6.07, 6.45) is 0. The Balaban J connectivity index is 1.18. The van der Waals surface area contributed by atoms with Gasteiger partial charge in [0.1, 0.15) is 5.75 Å². The van der Waals surface area contributed by atoms with Gasteiger partial charge in [-0.25, -0.2) is 0 Å². The molecule has 0 N–H and O–H groups in total. The summed E-state index contributed by atoms with van der Waals surface area (Å²) in [6.45, 7) is 2.16. The predicted octanol–water partition coefficient (Wildman–Crippen LogP) is 16.1. The molecular weight excluding hydrogens is 765 g/mol. The second kappa shape index (κ2) is 13.7. The van der Waals surface area contributed by atoms with Crippen LogP contribution < -0.4 is 4.74 Å². The van der Waals surface area contributed by atoms with Gasteiger partial charge in [0.25, 0.3) is 0 Å². The van der Waals surface area contributed by atoms with Gasteiger partial charge in [-0.1, -0.05) is 115 Å². The molecule has 0 amide bonds. The van der Waals surface area contributed by atoms with Crippen molar-refractivity contribution in [2.75, 3.05) is 7.11 Å². The van der Waals surface area contributed by atoms with Crippen molar-refractivity contribution >= 4 is 86.7 Å². The van der Waals surface area contributed by atoms with Crippen molar-refractivity contribution in [1.29, 1.82) is 0 Å². The number of aromatic nitrogens is 2. The van der Waals surface area contributed by atoms with E-state index in [4.69, 9.17) is 4.74 Å². The van der Waals surface area contributed by atoms with Crippen LogP contribution in [0.1, 0.15) is 5.56 Å². The second-order valence-electron chi connectivity index (χ2n) is 16.9. The summed E-state index contributed by atoms with van der Waals surface area (Å²) in [6, 6.07) is 76.3. The summed E-state index contributed by atoms with van der Waals surface area (Å²) >= 11 is 0. The minimum atomic E-state index is 0.845. The van der Waals surface area contributed by atoms with Crippen LogP contribution in [0, 0.1) is 6.92 Å². The van der Waals surface area contributed by atoms with E-state index in [1.54, 1.807) is 7.11 Å². The molecule has 2 aromatic heterocycles. The molecule has 0 aliphatic carbocycles. The molecule has 3 nitrogen and oxygen atoms in total. The van der Waals surface area contributed by atoms with Gasteiger partial charge in [-0.3, -0.25) is 0 Å². The van der Waals surface area contributed by atoms with Gasteiger partial charge in [0.2, 0.25) is 0 Å². The average molecular weight is 805 g/mol. The normalized spacial score (nSPS) is 12.0. The van der Waals surface area contributed by atoms with E-state index in [0.29, 0.717) is 0 Å². The summed E-state index contributed by atoms with van der Waals surface area (Å²) in [5, 5.41) is 14.9. The molecule has 2 heterocycles. The summed E-state index contributed by atoms with van der Waals surface area (Å²) in [7, 11) is 1.73. The van der Waals surface area contributed by atoms with E-state index >= 15 is 0 Å². The van der Waals surface area contributed by atoms with Crippen molar-refractivity contribution in [3.8, 4) is 39.4 Å². The molecule has 0 unspecified atom stereocenters. The molecule has 0 fully saturated rings. The highest BCUT2D eigenvalue weighted by molar-refractivity contribution is 6.27. The Kier molecular flexibility index (Phi) is 7.73. The van der Waals surface area contributed by atoms with Gasteiger partial charge < -0.3 is 13.9 Å². The van der Waals surface area contributed by atoms with E-state index in [9.17, 15) is 0 Å². The zero-order valence-electron chi connectivity index (χ0n) is 34.9. The zero-order chi connectivity index (χ0) is 41.8. The highest BCUT2D eigenvalue weighted by Crippen LogP contribution is 2.46. The number of hydrogen-bond donors (Lipinski definition) is 0. The Morgan fingerprint density at radius 3 is 1.21 bits per heavy atom. The summed E-state index contributed by atoms with van der Waals surface area (Å²) in [4.78, 5) is 0. The number of hydrogen-bond acceptors (Lipinski definition) is 1. The Labute approximate surface area is 364 Å². The minimum Gasteiger partial charge on any atom is -0.497 e. The first-order valence-corrected chi connectivity index (χ1v) is 21.7. The van der Waals surface area contributed by atoms with Gasteiger partial charge in [0.05, 0.1) is 29.2 Å². The third kappa shape index (κ3) is 5.39. The van der Waals surface area contributed by atoms with Crippen LogP contribution in [-0.2, 0) is 0 Å². The molecule has 296 valence electrons. The lowest BCUT2D eigenvalue weighted by atomic mass is 9.87. The maximum atomic E-state index is 5.63. The molecule has 13 rings (SSSR count). The van der Waals surface area contributed by atoms with Gasteiger partial charge in [-0.15, -0.1) is 0 Å². The number of para-hydroxylation sites is 4. The summed E-state index contributed by atoms with van der Waals surface area (Å²) in [5.41, 5.74) is 13.1. The number of rotatable bonds is 5. The molecule has 63 heavy (non-hydrogen) atoms. The molecule has 13 aromatic rings. The fraction of sp³-hybridized carbons (Fsp3) is 0.0333. The predicted molar refractivity (Wildman–Crippen MR) is 267 cm³/mol. The van der Waals surface area contributed by atoms with Crippen molar-refractivity contribution in [1.82, 2.24) is 9.13 Å². The summed E-state index contributed by atoms with van der Waals surface area (Å²) in [5.74, 6) is 0.845. The molecule has 0 bridgehead atoms.